The third-order valence-electron chi connectivity index (χ3n) is 4.79. The molecule has 0 saturated carbocycles. The van der Waals surface area contributed by atoms with Gasteiger partial charge in [-0.2, -0.15) is 5.10 Å². The highest BCUT2D eigenvalue weighted by Gasteiger charge is 2.19. The summed E-state index contributed by atoms with van der Waals surface area (Å²) in [6, 6.07) is 24.5. The summed E-state index contributed by atoms with van der Waals surface area (Å²) in [5.74, 6) is 0. The van der Waals surface area contributed by atoms with Gasteiger partial charge in [0.2, 0.25) is 0 Å². The van der Waals surface area contributed by atoms with Crippen molar-refractivity contribution in [2.45, 2.75) is 20.4 Å². The zero-order valence-electron chi connectivity index (χ0n) is 15.8. The maximum absolute atomic E-state index is 6.87. The van der Waals surface area contributed by atoms with Gasteiger partial charge in [-0.25, -0.2) is 0 Å². The molecule has 3 aromatic carbocycles. The minimum atomic E-state index is 0.617. The minimum Gasteiger partial charge on any atom is -0.258 e. The van der Waals surface area contributed by atoms with E-state index in [4.69, 9.17) is 28.3 Å². The van der Waals surface area contributed by atoms with Gasteiger partial charge in [0.15, 0.2) is 0 Å². The van der Waals surface area contributed by atoms with Gasteiger partial charge in [-0.05, 0) is 31.5 Å². The Morgan fingerprint density at radius 3 is 1.82 bits per heavy atom. The van der Waals surface area contributed by atoms with Gasteiger partial charge in [-0.3, -0.25) is 4.68 Å². The lowest BCUT2D eigenvalue weighted by Gasteiger charge is -2.09. The summed E-state index contributed by atoms with van der Waals surface area (Å²) in [5, 5.41) is 6.27. The van der Waals surface area contributed by atoms with Crippen LogP contribution in [0.4, 0.5) is 0 Å². The summed E-state index contributed by atoms with van der Waals surface area (Å²) >= 11 is 12.9. The molecule has 4 aromatic rings. The molecule has 0 N–H and O–H groups in total. The Labute approximate surface area is 175 Å². The van der Waals surface area contributed by atoms with E-state index in [2.05, 4.69) is 62.4 Å². The lowest BCUT2D eigenvalue weighted by atomic mass is 10.1. The van der Waals surface area contributed by atoms with Crippen molar-refractivity contribution in [1.82, 2.24) is 9.78 Å². The van der Waals surface area contributed by atoms with Crippen LogP contribution in [0.3, 0.4) is 0 Å². The second-order valence-corrected chi connectivity index (χ2v) is 7.84. The molecule has 1 heterocycles. The fraction of sp³-hybridized carbons (Fsp3) is 0.125. The summed E-state index contributed by atoms with van der Waals surface area (Å²) in [6.45, 7) is 4.77. The zero-order valence-corrected chi connectivity index (χ0v) is 17.3. The van der Waals surface area contributed by atoms with Gasteiger partial charge >= 0.3 is 0 Å². The molecule has 0 fully saturated rings. The van der Waals surface area contributed by atoms with Crippen LogP contribution in [0.5, 0.6) is 0 Å². The SMILES string of the molecule is Cc1ccc(-c2nn(Cc3ccc(Cl)cc3)c(-c3ccc(C)cc3)c2Cl)cc1. The van der Waals surface area contributed by atoms with E-state index in [0.717, 1.165) is 33.1 Å². The number of nitrogens with zero attached hydrogens (tertiary/aromatic N) is 2. The first-order valence-electron chi connectivity index (χ1n) is 9.16. The van der Waals surface area contributed by atoms with E-state index >= 15 is 0 Å². The van der Waals surface area contributed by atoms with E-state index in [1.54, 1.807) is 0 Å². The average molecular weight is 407 g/mol. The van der Waals surface area contributed by atoms with Gasteiger partial charge in [0.1, 0.15) is 5.69 Å². The molecule has 0 aliphatic rings. The van der Waals surface area contributed by atoms with E-state index in [1.807, 2.05) is 28.9 Å². The van der Waals surface area contributed by atoms with Crippen LogP contribution in [-0.4, -0.2) is 9.78 Å². The van der Waals surface area contributed by atoms with Crippen molar-refractivity contribution in [3.8, 4) is 22.5 Å². The Kier molecular flexibility index (Phi) is 5.25. The number of hydrogen-bond donors (Lipinski definition) is 0. The van der Waals surface area contributed by atoms with Crippen LogP contribution < -0.4 is 0 Å². The average Bonchev–Trinajstić information content (AvgIpc) is 3.01. The summed E-state index contributed by atoms with van der Waals surface area (Å²) in [6.07, 6.45) is 0. The molecule has 0 unspecified atom stereocenters. The van der Waals surface area contributed by atoms with Crippen LogP contribution in [0.2, 0.25) is 10.0 Å². The zero-order chi connectivity index (χ0) is 19.7. The van der Waals surface area contributed by atoms with Crippen LogP contribution in [0.25, 0.3) is 22.5 Å². The molecular formula is C24H20Cl2N2. The topological polar surface area (TPSA) is 17.8 Å². The third-order valence-corrected chi connectivity index (χ3v) is 5.40. The first-order chi connectivity index (χ1) is 13.5. The summed E-state index contributed by atoms with van der Waals surface area (Å²) in [7, 11) is 0. The number of benzene rings is 3. The molecule has 4 rings (SSSR count). The minimum absolute atomic E-state index is 0.617. The van der Waals surface area contributed by atoms with E-state index in [1.165, 1.54) is 11.1 Å². The summed E-state index contributed by atoms with van der Waals surface area (Å²) in [4.78, 5) is 0. The first kappa shape index (κ1) is 18.8. The molecule has 0 aliphatic heterocycles. The van der Waals surface area contributed by atoms with E-state index in [-0.39, 0.29) is 0 Å². The van der Waals surface area contributed by atoms with Crippen molar-refractivity contribution in [1.29, 1.82) is 0 Å². The Morgan fingerprint density at radius 1 is 0.714 bits per heavy atom. The third kappa shape index (κ3) is 3.84. The molecule has 1 aromatic heterocycles. The van der Waals surface area contributed by atoms with Crippen molar-refractivity contribution in [2.24, 2.45) is 0 Å². The van der Waals surface area contributed by atoms with Crippen LogP contribution in [-0.2, 0) is 6.54 Å². The van der Waals surface area contributed by atoms with E-state index in [0.29, 0.717) is 11.6 Å². The predicted octanol–water partition coefficient (Wildman–Crippen LogP) is 7.19. The van der Waals surface area contributed by atoms with Crippen molar-refractivity contribution in [3.05, 3.63) is 99.5 Å². The normalized spacial score (nSPS) is 11.0. The van der Waals surface area contributed by atoms with Gasteiger partial charge in [-0.1, -0.05) is 95.0 Å². The molecule has 0 radical (unpaired) electrons. The van der Waals surface area contributed by atoms with Crippen LogP contribution in [0.1, 0.15) is 16.7 Å². The Morgan fingerprint density at radius 2 is 1.25 bits per heavy atom. The molecule has 2 nitrogen and oxygen atoms in total. The van der Waals surface area contributed by atoms with Gasteiger partial charge in [0.25, 0.3) is 0 Å². The van der Waals surface area contributed by atoms with Gasteiger partial charge in [-0.15, -0.1) is 0 Å². The maximum atomic E-state index is 6.87. The van der Waals surface area contributed by atoms with Crippen molar-refractivity contribution < 1.29 is 0 Å². The van der Waals surface area contributed by atoms with Crippen LogP contribution in [0, 0.1) is 13.8 Å². The molecule has 140 valence electrons. The van der Waals surface area contributed by atoms with Crippen LogP contribution >= 0.6 is 23.2 Å². The lowest BCUT2D eigenvalue weighted by Crippen LogP contribution is -2.04. The lowest BCUT2D eigenvalue weighted by molar-refractivity contribution is 0.697. The Hall–Kier alpha value is -2.55. The first-order valence-corrected chi connectivity index (χ1v) is 9.91. The maximum Gasteiger partial charge on any atom is 0.112 e. The van der Waals surface area contributed by atoms with Gasteiger partial charge < -0.3 is 0 Å². The van der Waals surface area contributed by atoms with E-state index < -0.39 is 0 Å². The highest BCUT2D eigenvalue weighted by molar-refractivity contribution is 6.35. The Balaban J connectivity index is 1.84. The fourth-order valence-electron chi connectivity index (χ4n) is 3.20. The molecular weight excluding hydrogens is 387 g/mol. The fourth-order valence-corrected chi connectivity index (χ4v) is 3.68. The largest absolute Gasteiger partial charge is 0.258 e. The van der Waals surface area contributed by atoms with E-state index in [9.17, 15) is 0 Å². The van der Waals surface area contributed by atoms with Crippen molar-refractivity contribution in [3.63, 3.8) is 0 Å². The number of aryl methyl sites for hydroxylation is 2. The molecule has 0 spiro atoms. The van der Waals surface area contributed by atoms with Crippen molar-refractivity contribution in [2.75, 3.05) is 0 Å². The van der Waals surface area contributed by atoms with Gasteiger partial charge in [0.05, 0.1) is 17.3 Å². The summed E-state index contributed by atoms with van der Waals surface area (Å²) < 4.78 is 1.98. The Bertz CT molecular complexity index is 1090. The monoisotopic (exact) mass is 406 g/mol. The standard InChI is InChI=1S/C24H20Cl2N2/c1-16-3-9-19(10-4-16)23-22(26)24(20-11-5-17(2)6-12-20)28(27-23)15-18-7-13-21(25)14-8-18/h3-14H,15H2,1-2H3. The quantitative estimate of drug-likeness (QED) is 0.350. The molecule has 4 heteroatoms. The second kappa shape index (κ2) is 7.83. The molecule has 0 amide bonds. The molecule has 0 bridgehead atoms. The smallest absolute Gasteiger partial charge is 0.112 e. The predicted molar refractivity (Wildman–Crippen MR) is 118 cm³/mol. The molecule has 28 heavy (non-hydrogen) atoms. The number of aromatic nitrogens is 2. The molecule has 0 saturated heterocycles. The summed E-state index contributed by atoms with van der Waals surface area (Å²) in [5.41, 5.74) is 7.32. The molecule has 0 aliphatic carbocycles. The van der Waals surface area contributed by atoms with Crippen LogP contribution in [0.15, 0.2) is 72.8 Å². The second-order valence-electron chi connectivity index (χ2n) is 7.03. The number of rotatable bonds is 4. The number of hydrogen-bond acceptors (Lipinski definition) is 1. The van der Waals surface area contributed by atoms with Gasteiger partial charge in [0, 0.05) is 16.1 Å². The van der Waals surface area contributed by atoms with Crippen molar-refractivity contribution >= 4 is 23.2 Å². The number of halogens is 2. The molecule has 0 atom stereocenters. The highest BCUT2D eigenvalue weighted by Crippen LogP contribution is 2.37. The highest BCUT2D eigenvalue weighted by atomic mass is 35.5.